The maximum atomic E-state index is 13.6. The fourth-order valence-electron chi connectivity index (χ4n) is 3.61. The maximum absolute atomic E-state index is 13.6. The molecular weight excluding hydrogens is 464 g/mol. The van der Waals surface area contributed by atoms with Crippen molar-refractivity contribution in [3.05, 3.63) is 103 Å². The summed E-state index contributed by atoms with van der Waals surface area (Å²) in [5.41, 5.74) is 3.01. The highest BCUT2D eigenvalue weighted by Crippen LogP contribution is 2.27. The summed E-state index contributed by atoms with van der Waals surface area (Å²) in [5.74, 6) is 0.0465. The molecule has 0 saturated heterocycles. The van der Waals surface area contributed by atoms with Crippen LogP contribution in [0.3, 0.4) is 0 Å². The molecule has 1 heterocycles. The number of methoxy groups -OCH3 is 1. The molecule has 1 N–H and O–H groups in total. The average Bonchev–Trinajstić information content (AvgIpc) is 3.41. The van der Waals surface area contributed by atoms with Crippen molar-refractivity contribution in [2.75, 3.05) is 18.0 Å². The summed E-state index contributed by atoms with van der Waals surface area (Å²) in [6.07, 6.45) is 5.18. The van der Waals surface area contributed by atoms with Crippen LogP contribution in [-0.4, -0.2) is 37.5 Å². The topological polar surface area (TPSA) is 93.5 Å². The molecule has 0 spiro atoms. The first-order valence-corrected chi connectivity index (χ1v) is 12.4. The fourth-order valence-corrected chi connectivity index (χ4v) is 5.02. The molecule has 0 aliphatic heterocycles. The van der Waals surface area contributed by atoms with E-state index in [2.05, 4.69) is 10.3 Å². The summed E-state index contributed by atoms with van der Waals surface area (Å²) in [7, 11) is -2.51. The zero-order valence-electron chi connectivity index (χ0n) is 19.5. The van der Waals surface area contributed by atoms with Crippen LogP contribution in [0.2, 0.25) is 0 Å². The Kier molecular flexibility index (Phi) is 7.17. The minimum absolute atomic E-state index is 0.101. The van der Waals surface area contributed by atoms with Crippen LogP contribution in [0.5, 0.6) is 5.75 Å². The summed E-state index contributed by atoms with van der Waals surface area (Å²) in [6, 6.07) is 20.8. The highest BCUT2D eigenvalue weighted by atomic mass is 32.2. The van der Waals surface area contributed by atoms with Crippen LogP contribution in [0.25, 0.3) is 5.69 Å². The van der Waals surface area contributed by atoms with Gasteiger partial charge in [0.25, 0.3) is 10.0 Å². The van der Waals surface area contributed by atoms with Gasteiger partial charge in [-0.2, -0.15) is 0 Å². The molecule has 1 amide bonds. The Morgan fingerprint density at radius 2 is 1.83 bits per heavy atom. The van der Waals surface area contributed by atoms with Crippen molar-refractivity contribution >= 4 is 21.6 Å². The van der Waals surface area contributed by atoms with Crippen LogP contribution < -0.4 is 14.4 Å². The number of aryl methyl sites for hydroxylation is 1. The summed E-state index contributed by atoms with van der Waals surface area (Å²) < 4.78 is 35.3. The van der Waals surface area contributed by atoms with Crippen LogP contribution in [0.15, 0.2) is 96.4 Å². The summed E-state index contributed by atoms with van der Waals surface area (Å²) >= 11 is 0. The molecule has 0 unspecified atom stereocenters. The van der Waals surface area contributed by atoms with Gasteiger partial charge in [0, 0.05) is 25.0 Å². The smallest absolute Gasteiger partial charge is 0.264 e. The lowest BCUT2D eigenvalue weighted by atomic mass is 10.1. The molecule has 4 aromatic rings. The lowest BCUT2D eigenvalue weighted by Gasteiger charge is -2.24. The number of amides is 1. The molecule has 35 heavy (non-hydrogen) atoms. The lowest BCUT2D eigenvalue weighted by molar-refractivity contribution is -0.119. The molecule has 9 heteroatoms. The van der Waals surface area contributed by atoms with Crippen LogP contribution in [0.4, 0.5) is 5.69 Å². The van der Waals surface area contributed by atoms with Crippen molar-refractivity contribution < 1.29 is 17.9 Å². The lowest BCUT2D eigenvalue weighted by Crippen LogP contribution is -2.40. The number of nitrogens with zero attached hydrogens (tertiary/aromatic N) is 3. The second kappa shape index (κ2) is 10.4. The van der Waals surface area contributed by atoms with E-state index in [0.717, 1.165) is 21.1 Å². The predicted molar refractivity (Wildman–Crippen MR) is 134 cm³/mol. The molecule has 0 aliphatic rings. The third-order valence-electron chi connectivity index (χ3n) is 5.49. The highest BCUT2D eigenvalue weighted by Gasteiger charge is 2.27. The monoisotopic (exact) mass is 490 g/mol. The zero-order valence-corrected chi connectivity index (χ0v) is 20.3. The van der Waals surface area contributed by atoms with Crippen molar-refractivity contribution in [1.29, 1.82) is 0 Å². The van der Waals surface area contributed by atoms with Gasteiger partial charge in [0.1, 0.15) is 12.3 Å². The van der Waals surface area contributed by atoms with E-state index < -0.39 is 22.5 Å². The quantitative estimate of drug-likeness (QED) is 0.386. The molecule has 0 atom stereocenters. The van der Waals surface area contributed by atoms with Gasteiger partial charge >= 0.3 is 0 Å². The van der Waals surface area contributed by atoms with E-state index in [9.17, 15) is 13.2 Å². The molecule has 4 rings (SSSR count). The van der Waals surface area contributed by atoms with Crippen molar-refractivity contribution in [2.45, 2.75) is 18.4 Å². The Morgan fingerprint density at radius 3 is 2.54 bits per heavy atom. The first kappa shape index (κ1) is 24.0. The molecule has 0 aliphatic carbocycles. The van der Waals surface area contributed by atoms with Crippen LogP contribution >= 0.6 is 0 Å². The molecule has 0 saturated carbocycles. The van der Waals surface area contributed by atoms with Crippen LogP contribution in [0, 0.1) is 6.92 Å². The average molecular weight is 491 g/mol. The van der Waals surface area contributed by atoms with E-state index in [0.29, 0.717) is 11.4 Å². The van der Waals surface area contributed by atoms with Crippen molar-refractivity contribution in [2.24, 2.45) is 0 Å². The minimum atomic E-state index is -4.01. The molecule has 3 aromatic carbocycles. The third-order valence-corrected chi connectivity index (χ3v) is 7.28. The van der Waals surface area contributed by atoms with E-state index in [1.54, 1.807) is 48.9 Å². The number of hydrogen-bond acceptors (Lipinski definition) is 5. The van der Waals surface area contributed by atoms with E-state index in [1.807, 2.05) is 42.0 Å². The number of aromatic nitrogens is 2. The second-order valence-corrected chi connectivity index (χ2v) is 9.76. The van der Waals surface area contributed by atoms with Gasteiger partial charge in [0.05, 0.1) is 29.7 Å². The number of nitrogens with one attached hydrogen (secondary N) is 1. The number of carbonyl (C=O) groups excluding carboxylic acids is 1. The summed E-state index contributed by atoms with van der Waals surface area (Å²) in [5, 5.41) is 2.85. The van der Waals surface area contributed by atoms with E-state index in [-0.39, 0.29) is 11.4 Å². The number of imidazole rings is 1. The first-order chi connectivity index (χ1) is 16.9. The Hall–Kier alpha value is -4.11. The highest BCUT2D eigenvalue weighted by molar-refractivity contribution is 7.92. The molecular formula is C26H26N4O4S. The van der Waals surface area contributed by atoms with Crippen LogP contribution in [-0.2, 0) is 21.4 Å². The maximum Gasteiger partial charge on any atom is 0.264 e. The molecule has 180 valence electrons. The molecule has 0 radical (unpaired) electrons. The predicted octanol–water partition coefficient (Wildman–Crippen LogP) is 3.70. The van der Waals surface area contributed by atoms with Crippen LogP contribution in [0.1, 0.15) is 11.1 Å². The molecule has 1 aromatic heterocycles. The van der Waals surface area contributed by atoms with Crippen molar-refractivity contribution in [3.63, 3.8) is 0 Å². The summed E-state index contributed by atoms with van der Waals surface area (Å²) in [4.78, 5) is 17.2. The third kappa shape index (κ3) is 5.52. The molecule has 0 bridgehead atoms. The van der Waals surface area contributed by atoms with Gasteiger partial charge in [-0.3, -0.25) is 9.10 Å². The normalized spacial score (nSPS) is 11.1. The fraction of sp³-hybridized carbons (Fsp3) is 0.154. The number of ether oxygens (including phenoxy) is 1. The van der Waals surface area contributed by atoms with E-state index in [4.69, 9.17) is 4.74 Å². The van der Waals surface area contributed by atoms with Gasteiger partial charge in [-0.1, -0.05) is 42.0 Å². The number of para-hydroxylation sites is 1. The van der Waals surface area contributed by atoms with Gasteiger partial charge < -0.3 is 14.6 Å². The number of benzene rings is 3. The first-order valence-electron chi connectivity index (χ1n) is 10.9. The number of carbonyl (C=O) groups is 1. The standard InChI is InChI=1S/C26H26N4O4S/c1-20-10-12-24(13-11-20)35(32,33)30(22-7-5-8-23(16-22)34-2)18-26(31)28-17-21-6-3-4-9-25(21)29-15-14-27-19-29/h3-16,19H,17-18H2,1-2H3,(H,28,31). The molecule has 8 nitrogen and oxygen atoms in total. The molecule has 0 fully saturated rings. The van der Waals surface area contributed by atoms with Gasteiger partial charge in [-0.25, -0.2) is 13.4 Å². The number of rotatable bonds is 9. The largest absolute Gasteiger partial charge is 0.497 e. The summed E-state index contributed by atoms with van der Waals surface area (Å²) in [6.45, 7) is 1.71. The van der Waals surface area contributed by atoms with Gasteiger partial charge in [0.2, 0.25) is 5.91 Å². The van der Waals surface area contributed by atoms with Gasteiger partial charge in [0.15, 0.2) is 0 Å². The van der Waals surface area contributed by atoms with Crippen molar-refractivity contribution in [1.82, 2.24) is 14.9 Å². The van der Waals surface area contributed by atoms with Crippen molar-refractivity contribution in [3.8, 4) is 11.4 Å². The number of anilines is 1. The van der Waals surface area contributed by atoms with Gasteiger partial charge in [-0.15, -0.1) is 0 Å². The minimum Gasteiger partial charge on any atom is -0.497 e. The Bertz CT molecular complexity index is 1400. The second-order valence-electron chi connectivity index (χ2n) is 7.90. The SMILES string of the molecule is COc1cccc(N(CC(=O)NCc2ccccc2-n2ccnc2)S(=O)(=O)c2ccc(C)cc2)c1. The van der Waals surface area contributed by atoms with Gasteiger partial charge in [-0.05, 0) is 42.8 Å². The number of sulfonamides is 1. The zero-order chi connectivity index (χ0) is 24.8. The van der Waals surface area contributed by atoms with E-state index >= 15 is 0 Å². The Labute approximate surface area is 204 Å². The van der Waals surface area contributed by atoms with E-state index in [1.165, 1.54) is 19.2 Å². The number of hydrogen-bond donors (Lipinski definition) is 1. The Balaban J connectivity index is 1.59. The Morgan fingerprint density at radius 1 is 1.06 bits per heavy atom.